The minimum Gasteiger partial charge on any atom is -0.392 e. The molecule has 0 saturated heterocycles. The first-order valence-electron chi connectivity index (χ1n) is 2.89. The second-order valence-corrected chi connectivity index (χ2v) is 2.82. The number of aliphatic hydroxyl groups is 1. The SMILES string of the molecule is OCc1c(Cl)cc(F)cc1Cl. The lowest BCUT2D eigenvalue weighted by Gasteiger charge is -2.02. The van der Waals surface area contributed by atoms with Gasteiger partial charge < -0.3 is 5.11 Å². The summed E-state index contributed by atoms with van der Waals surface area (Å²) < 4.78 is 12.5. The molecule has 1 N–H and O–H groups in total. The van der Waals surface area contributed by atoms with Crippen LogP contribution in [0.3, 0.4) is 0 Å². The lowest BCUT2D eigenvalue weighted by Crippen LogP contribution is -1.88. The lowest BCUT2D eigenvalue weighted by atomic mass is 10.2. The van der Waals surface area contributed by atoms with Crippen molar-refractivity contribution in [3.8, 4) is 0 Å². The van der Waals surface area contributed by atoms with Crippen molar-refractivity contribution >= 4 is 23.2 Å². The molecule has 0 fully saturated rings. The summed E-state index contributed by atoms with van der Waals surface area (Å²) in [5.41, 5.74) is 0.356. The number of rotatable bonds is 1. The highest BCUT2D eigenvalue weighted by Crippen LogP contribution is 2.25. The highest BCUT2D eigenvalue weighted by molar-refractivity contribution is 6.35. The molecule has 1 aromatic rings. The third kappa shape index (κ3) is 1.83. The maximum absolute atomic E-state index is 12.5. The van der Waals surface area contributed by atoms with Crippen molar-refractivity contribution < 1.29 is 9.50 Å². The maximum atomic E-state index is 12.5. The molecule has 0 amide bonds. The standard InChI is InChI=1S/C7H5Cl2FO/c8-6-1-4(10)2-7(9)5(6)3-11/h1-2,11H,3H2. The second-order valence-electron chi connectivity index (χ2n) is 2.01. The topological polar surface area (TPSA) is 20.2 Å². The van der Waals surface area contributed by atoms with Gasteiger partial charge >= 0.3 is 0 Å². The summed E-state index contributed by atoms with van der Waals surface area (Å²) >= 11 is 11.1. The normalized spacial score (nSPS) is 10.2. The van der Waals surface area contributed by atoms with E-state index < -0.39 is 5.82 Å². The van der Waals surface area contributed by atoms with Crippen LogP contribution in [-0.2, 0) is 6.61 Å². The Balaban J connectivity index is 3.25. The van der Waals surface area contributed by atoms with Crippen LogP contribution in [0.15, 0.2) is 12.1 Å². The van der Waals surface area contributed by atoms with E-state index in [9.17, 15) is 4.39 Å². The first-order valence-corrected chi connectivity index (χ1v) is 3.65. The van der Waals surface area contributed by atoms with Gasteiger partial charge in [0.05, 0.1) is 16.7 Å². The van der Waals surface area contributed by atoms with Gasteiger partial charge in [0.25, 0.3) is 0 Å². The van der Waals surface area contributed by atoms with E-state index >= 15 is 0 Å². The number of halogens is 3. The average molecular weight is 195 g/mol. The molecular formula is C7H5Cl2FO. The molecule has 11 heavy (non-hydrogen) atoms. The van der Waals surface area contributed by atoms with Gasteiger partial charge in [0.2, 0.25) is 0 Å². The van der Waals surface area contributed by atoms with E-state index in [4.69, 9.17) is 28.3 Å². The van der Waals surface area contributed by atoms with Crippen LogP contribution in [0, 0.1) is 5.82 Å². The van der Waals surface area contributed by atoms with E-state index in [0.717, 1.165) is 12.1 Å². The summed E-state index contributed by atoms with van der Waals surface area (Å²) in [5, 5.41) is 9.00. The highest BCUT2D eigenvalue weighted by atomic mass is 35.5. The zero-order valence-electron chi connectivity index (χ0n) is 5.44. The van der Waals surface area contributed by atoms with E-state index in [1.807, 2.05) is 0 Å². The number of benzene rings is 1. The quantitative estimate of drug-likeness (QED) is 0.730. The van der Waals surface area contributed by atoms with Gasteiger partial charge in [-0.1, -0.05) is 23.2 Å². The summed E-state index contributed by atoms with van der Waals surface area (Å²) in [6.07, 6.45) is 0. The molecule has 0 aromatic heterocycles. The Bertz CT molecular complexity index is 252. The minimum absolute atomic E-state index is 0.150. The third-order valence-electron chi connectivity index (χ3n) is 1.26. The van der Waals surface area contributed by atoms with Crippen molar-refractivity contribution in [2.24, 2.45) is 0 Å². The fourth-order valence-electron chi connectivity index (χ4n) is 0.723. The molecule has 1 rings (SSSR count). The molecule has 0 aliphatic rings. The molecule has 0 unspecified atom stereocenters. The Kier molecular flexibility index (Phi) is 2.71. The summed E-state index contributed by atoms with van der Waals surface area (Å²) in [6, 6.07) is 2.22. The predicted molar refractivity (Wildman–Crippen MR) is 42.3 cm³/mol. The van der Waals surface area contributed by atoms with E-state index in [1.165, 1.54) is 0 Å². The van der Waals surface area contributed by atoms with Crippen molar-refractivity contribution in [2.45, 2.75) is 6.61 Å². The van der Waals surface area contributed by atoms with Crippen LogP contribution in [0.2, 0.25) is 10.0 Å². The van der Waals surface area contributed by atoms with Crippen LogP contribution in [0.25, 0.3) is 0 Å². The summed E-state index contributed by atoms with van der Waals surface area (Å²) in [7, 11) is 0. The van der Waals surface area contributed by atoms with Gasteiger partial charge in [0.1, 0.15) is 5.82 Å². The molecule has 1 nitrogen and oxygen atoms in total. The molecule has 1 aromatic carbocycles. The Hall–Kier alpha value is -0.310. The first kappa shape index (κ1) is 8.78. The average Bonchev–Trinajstić information content (AvgIpc) is 1.85. The zero-order valence-corrected chi connectivity index (χ0v) is 6.95. The maximum Gasteiger partial charge on any atom is 0.126 e. The van der Waals surface area contributed by atoms with Crippen LogP contribution in [0.4, 0.5) is 4.39 Å². The number of aliphatic hydroxyl groups excluding tert-OH is 1. The molecule has 0 radical (unpaired) electrons. The second kappa shape index (κ2) is 3.39. The molecule has 0 atom stereocenters. The molecular weight excluding hydrogens is 190 g/mol. The van der Waals surface area contributed by atoms with Crippen molar-refractivity contribution in [2.75, 3.05) is 0 Å². The van der Waals surface area contributed by atoms with Gasteiger partial charge in [-0.25, -0.2) is 4.39 Å². The van der Waals surface area contributed by atoms with E-state index in [2.05, 4.69) is 0 Å². The van der Waals surface area contributed by atoms with Crippen molar-refractivity contribution in [1.82, 2.24) is 0 Å². The van der Waals surface area contributed by atoms with Gasteiger partial charge in [-0.15, -0.1) is 0 Å². The smallest absolute Gasteiger partial charge is 0.126 e. The summed E-state index contributed by atoms with van der Waals surface area (Å²) in [5.74, 6) is -0.503. The molecule has 0 aliphatic carbocycles. The highest BCUT2D eigenvalue weighted by Gasteiger charge is 2.06. The third-order valence-corrected chi connectivity index (χ3v) is 1.94. The Labute approximate surface area is 73.4 Å². The van der Waals surface area contributed by atoms with Gasteiger partial charge in [-0.3, -0.25) is 0 Å². The zero-order chi connectivity index (χ0) is 8.43. The van der Waals surface area contributed by atoms with Crippen LogP contribution in [-0.4, -0.2) is 5.11 Å². The molecule has 0 saturated carbocycles. The molecule has 0 bridgehead atoms. The van der Waals surface area contributed by atoms with Gasteiger partial charge in [0.15, 0.2) is 0 Å². The van der Waals surface area contributed by atoms with Gasteiger partial charge in [-0.05, 0) is 12.1 Å². The van der Waals surface area contributed by atoms with E-state index in [0.29, 0.717) is 5.56 Å². The van der Waals surface area contributed by atoms with Crippen LogP contribution >= 0.6 is 23.2 Å². The predicted octanol–water partition coefficient (Wildman–Crippen LogP) is 2.62. The van der Waals surface area contributed by atoms with E-state index in [1.54, 1.807) is 0 Å². The minimum atomic E-state index is -0.503. The Morgan fingerprint density at radius 3 is 2.09 bits per heavy atom. The Morgan fingerprint density at radius 2 is 1.73 bits per heavy atom. The van der Waals surface area contributed by atoms with Crippen LogP contribution in [0.1, 0.15) is 5.56 Å². The van der Waals surface area contributed by atoms with Gasteiger partial charge in [-0.2, -0.15) is 0 Å². The largest absolute Gasteiger partial charge is 0.392 e. The molecule has 60 valence electrons. The molecule has 0 spiro atoms. The molecule has 0 aliphatic heterocycles. The Morgan fingerprint density at radius 1 is 1.27 bits per heavy atom. The summed E-state index contributed by atoms with van der Waals surface area (Å²) in [6.45, 7) is -0.280. The van der Waals surface area contributed by atoms with Gasteiger partial charge in [0, 0.05) is 5.56 Å². The van der Waals surface area contributed by atoms with Crippen LogP contribution in [0.5, 0.6) is 0 Å². The summed E-state index contributed by atoms with van der Waals surface area (Å²) in [4.78, 5) is 0. The fraction of sp³-hybridized carbons (Fsp3) is 0.143. The molecule has 4 heteroatoms. The lowest BCUT2D eigenvalue weighted by molar-refractivity contribution is 0.282. The van der Waals surface area contributed by atoms with E-state index in [-0.39, 0.29) is 16.7 Å². The fourth-order valence-corrected chi connectivity index (χ4v) is 1.30. The number of hydrogen-bond acceptors (Lipinski definition) is 1. The van der Waals surface area contributed by atoms with Crippen molar-refractivity contribution in [1.29, 1.82) is 0 Å². The van der Waals surface area contributed by atoms with Crippen LogP contribution < -0.4 is 0 Å². The van der Waals surface area contributed by atoms with Crippen molar-refractivity contribution in [3.63, 3.8) is 0 Å². The van der Waals surface area contributed by atoms with Crippen molar-refractivity contribution in [3.05, 3.63) is 33.6 Å². The molecule has 0 heterocycles. The number of hydrogen-bond donors (Lipinski definition) is 1. The first-order chi connectivity index (χ1) is 5.15. The monoisotopic (exact) mass is 194 g/mol.